The average Bonchev–Trinajstić information content (AvgIpc) is 2.09. The molecule has 0 saturated heterocycles. The van der Waals surface area contributed by atoms with Gasteiger partial charge in [0.15, 0.2) is 0 Å². The van der Waals surface area contributed by atoms with Crippen LogP contribution in [0.25, 0.3) is 0 Å². The van der Waals surface area contributed by atoms with Crippen molar-refractivity contribution in [2.75, 3.05) is 13.2 Å². The molecule has 0 spiro atoms. The van der Waals surface area contributed by atoms with Crippen molar-refractivity contribution in [2.24, 2.45) is 0 Å². The molecule has 76 valence electrons. The summed E-state index contributed by atoms with van der Waals surface area (Å²) >= 11 is 0. The zero-order valence-corrected chi connectivity index (χ0v) is 8.41. The number of hydrogen-bond donors (Lipinski definition) is 1. The molecule has 0 bridgehead atoms. The number of aliphatic hydroxyl groups excluding tert-OH is 1. The van der Waals surface area contributed by atoms with E-state index in [-0.39, 0.29) is 6.10 Å². The van der Waals surface area contributed by atoms with Gasteiger partial charge in [-0.1, -0.05) is 18.2 Å². The van der Waals surface area contributed by atoms with E-state index in [9.17, 15) is 0 Å². The summed E-state index contributed by atoms with van der Waals surface area (Å²) in [4.78, 5) is 0. The summed E-state index contributed by atoms with van der Waals surface area (Å²) in [5.41, 5.74) is 0. The molecule has 0 rings (SSSR count). The quantitative estimate of drug-likeness (QED) is 0.463. The van der Waals surface area contributed by atoms with Gasteiger partial charge in [0.05, 0.1) is 19.3 Å². The maximum Gasteiger partial charge on any atom is 0.0745 e. The molecule has 13 heavy (non-hydrogen) atoms. The third-order valence-corrected chi connectivity index (χ3v) is 1.52. The lowest BCUT2D eigenvalue weighted by Crippen LogP contribution is -2.09. The third kappa shape index (κ3) is 11.4. The van der Waals surface area contributed by atoms with Crippen LogP contribution in [-0.4, -0.2) is 24.4 Å². The second-order valence-electron chi connectivity index (χ2n) is 3.08. The Kier molecular flexibility index (Phi) is 9.05. The molecule has 0 amide bonds. The zero-order valence-electron chi connectivity index (χ0n) is 8.41. The Labute approximate surface area is 80.9 Å². The lowest BCUT2D eigenvalue weighted by molar-refractivity contribution is 0.0598. The van der Waals surface area contributed by atoms with Crippen molar-refractivity contribution >= 4 is 0 Å². The Balaban J connectivity index is 3.07. The highest BCUT2D eigenvalue weighted by atomic mass is 16.5. The molecule has 0 heterocycles. The van der Waals surface area contributed by atoms with Crippen molar-refractivity contribution in [3.63, 3.8) is 0 Å². The summed E-state index contributed by atoms with van der Waals surface area (Å²) < 4.78 is 5.14. The lowest BCUT2D eigenvalue weighted by Gasteiger charge is -2.02. The molecule has 0 aromatic rings. The molecular weight excluding hydrogens is 164 g/mol. The fourth-order valence-corrected chi connectivity index (χ4v) is 0.873. The fourth-order valence-electron chi connectivity index (χ4n) is 0.873. The number of allylic oxidation sites excluding steroid dienone is 2. The van der Waals surface area contributed by atoms with E-state index in [0.29, 0.717) is 13.2 Å². The standard InChI is InChI=1S/C11H20O2/c1-3-4-5-6-7-8-9-13-10-11(2)12/h3,7-8,11-12H,1,4-6,9-10H2,2H3. The van der Waals surface area contributed by atoms with Gasteiger partial charge in [-0.3, -0.25) is 0 Å². The summed E-state index contributed by atoms with van der Waals surface area (Å²) in [6.07, 6.45) is 8.95. The van der Waals surface area contributed by atoms with Crippen LogP contribution < -0.4 is 0 Å². The van der Waals surface area contributed by atoms with E-state index >= 15 is 0 Å². The molecular formula is C11H20O2. The third-order valence-electron chi connectivity index (χ3n) is 1.52. The van der Waals surface area contributed by atoms with Gasteiger partial charge in [-0.05, 0) is 26.2 Å². The van der Waals surface area contributed by atoms with Gasteiger partial charge in [0.1, 0.15) is 0 Å². The molecule has 1 unspecified atom stereocenters. The van der Waals surface area contributed by atoms with E-state index in [2.05, 4.69) is 12.7 Å². The van der Waals surface area contributed by atoms with Crippen molar-refractivity contribution in [1.29, 1.82) is 0 Å². The van der Waals surface area contributed by atoms with E-state index in [4.69, 9.17) is 9.84 Å². The summed E-state index contributed by atoms with van der Waals surface area (Å²) in [6.45, 7) is 6.38. The number of ether oxygens (including phenoxy) is 1. The molecule has 0 radical (unpaired) electrons. The highest BCUT2D eigenvalue weighted by molar-refractivity contribution is 4.82. The molecule has 1 N–H and O–H groups in total. The summed E-state index contributed by atoms with van der Waals surface area (Å²) in [5.74, 6) is 0. The largest absolute Gasteiger partial charge is 0.391 e. The Bertz CT molecular complexity index is 139. The highest BCUT2D eigenvalue weighted by Gasteiger charge is 1.91. The first kappa shape index (κ1) is 12.4. The molecule has 0 aliphatic carbocycles. The Morgan fingerprint density at radius 3 is 2.77 bits per heavy atom. The summed E-state index contributed by atoms with van der Waals surface area (Å²) in [6, 6.07) is 0. The number of rotatable bonds is 8. The lowest BCUT2D eigenvalue weighted by atomic mass is 10.2. The summed E-state index contributed by atoms with van der Waals surface area (Å²) in [7, 11) is 0. The second kappa shape index (κ2) is 9.49. The van der Waals surface area contributed by atoms with E-state index in [0.717, 1.165) is 19.3 Å². The predicted molar refractivity (Wildman–Crippen MR) is 55.7 cm³/mol. The van der Waals surface area contributed by atoms with Crippen molar-refractivity contribution in [2.45, 2.75) is 32.3 Å². The number of aliphatic hydroxyl groups is 1. The van der Waals surface area contributed by atoms with Crippen LogP contribution in [-0.2, 0) is 4.74 Å². The molecule has 2 heteroatoms. The van der Waals surface area contributed by atoms with Gasteiger partial charge < -0.3 is 9.84 Å². The monoisotopic (exact) mass is 184 g/mol. The van der Waals surface area contributed by atoms with Gasteiger partial charge in [-0.25, -0.2) is 0 Å². The molecule has 0 aliphatic rings. The van der Waals surface area contributed by atoms with Crippen LogP contribution in [0.15, 0.2) is 24.8 Å². The summed E-state index contributed by atoms with van der Waals surface area (Å²) in [5, 5.41) is 8.86. The second-order valence-corrected chi connectivity index (χ2v) is 3.08. The van der Waals surface area contributed by atoms with E-state index in [1.54, 1.807) is 6.92 Å². The van der Waals surface area contributed by atoms with Crippen molar-refractivity contribution in [3.8, 4) is 0 Å². The minimum absolute atomic E-state index is 0.367. The Hall–Kier alpha value is -0.600. The van der Waals surface area contributed by atoms with E-state index < -0.39 is 0 Å². The minimum Gasteiger partial charge on any atom is -0.391 e. The van der Waals surface area contributed by atoms with Gasteiger partial charge >= 0.3 is 0 Å². The van der Waals surface area contributed by atoms with Gasteiger partial charge in [0.25, 0.3) is 0 Å². The van der Waals surface area contributed by atoms with E-state index in [1.807, 2.05) is 12.2 Å². The topological polar surface area (TPSA) is 29.5 Å². The molecule has 0 saturated carbocycles. The van der Waals surface area contributed by atoms with Crippen LogP contribution in [0.1, 0.15) is 26.2 Å². The van der Waals surface area contributed by atoms with Crippen molar-refractivity contribution in [1.82, 2.24) is 0 Å². The Morgan fingerprint density at radius 2 is 2.15 bits per heavy atom. The smallest absolute Gasteiger partial charge is 0.0745 e. The first-order valence-corrected chi connectivity index (χ1v) is 4.79. The number of unbranched alkanes of at least 4 members (excludes halogenated alkanes) is 2. The molecule has 0 aliphatic heterocycles. The first-order chi connectivity index (χ1) is 6.27. The minimum atomic E-state index is -0.367. The maximum absolute atomic E-state index is 8.86. The van der Waals surface area contributed by atoms with Gasteiger partial charge in [0, 0.05) is 0 Å². The molecule has 0 fully saturated rings. The van der Waals surface area contributed by atoms with Crippen LogP contribution in [0.5, 0.6) is 0 Å². The van der Waals surface area contributed by atoms with Crippen LogP contribution in [0, 0.1) is 0 Å². The van der Waals surface area contributed by atoms with E-state index in [1.165, 1.54) is 0 Å². The zero-order chi connectivity index (χ0) is 9.94. The molecule has 1 atom stereocenters. The molecule has 0 aromatic carbocycles. The number of hydrogen-bond acceptors (Lipinski definition) is 2. The van der Waals surface area contributed by atoms with Gasteiger partial charge in [-0.2, -0.15) is 0 Å². The first-order valence-electron chi connectivity index (χ1n) is 4.79. The Morgan fingerprint density at radius 1 is 1.38 bits per heavy atom. The highest BCUT2D eigenvalue weighted by Crippen LogP contribution is 1.96. The maximum atomic E-state index is 8.86. The molecule has 0 aromatic heterocycles. The SMILES string of the molecule is C=CCCCC=CCOCC(C)O. The van der Waals surface area contributed by atoms with Crippen molar-refractivity contribution < 1.29 is 9.84 Å². The van der Waals surface area contributed by atoms with Crippen LogP contribution in [0.2, 0.25) is 0 Å². The van der Waals surface area contributed by atoms with Crippen molar-refractivity contribution in [3.05, 3.63) is 24.8 Å². The molecule has 2 nitrogen and oxygen atoms in total. The fraction of sp³-hybridized carbons (Fsp3) is 0.636. The predicted octanol–water partition coefficient (Wildman–Crippen LogP) is 2.30. The van der Waals surface area contributed by atoms with Crippen LogP contribution in [0.4, 0.5) is 0 Å². The average molecular weight is 184 g/mol. The van der Waals surface area contributed by atoms with Crippen LogP contribution in [0.3, 0.4) is 0 Å². The van der Waals surface area contributed by atoms with Crippen LogP contribution >= 0.6 is 0 Å². The van der Waals surface area contributed by atoms with Gasteiger partial charge in [0.2, 0.25) is 0 Å². The van der Waals surface area contributed by atoms with Gasteiger partial charge in [-0.15, -0.1) is 6.58 Å². The normalized spacial score (nSPS) is 13.4.